The molecule has 2 aromatic rings. The first-order valence-corrected chi connectivity index (χ1v) is 3.86. The third kappa shape index (κ3) is 1.24. The van der Waals surface area contributed by atoms with E-state index in [1.165, 1.54) is 0 Å². The molecule has 0 atom stereocenters. The van der Waals surface area contributed by atoms with E-state index in [1.807, 2.05) is 6.07 Å². The van der Waals surface area contributed by atoms with Crippen LogP contribution in [0.1, 0.15) is 0 Å². The molecule has 0 saturated carbocycles. The maximum Gasteiger partial charge on any atom is 0.123 e. The van der Waals surface area contributed by atoms with Crippen LogP contribution in [0, 0.1) is 4.91 Å². The number of rotatable bonds is 1. The molecule has 3 heteroatoms. The van der Waals surface area contributed by atoms with Crippen LogP contribution in [0.2, 0.25) is 0 Å². The van der Waals surface area contributed by atoms with Gasteiger partial charge in [0.2, 0.25) is 0 Å². The van der Waals surface area contributed by atoms with Crippen molar-refractivity contribution < 1.29 is 5.11 Å². The Morgan fingerprint density at radius 1 is 1.15 bits per heavy atom. The molecule has 0 spiro atoms. The van der Waals surface area contributed by atoms with Crippen molar-refractivity contribution in [2.75, 3.05) is 0 Å². The zero-order valence-electron chi connectivity index (χ0n) is 6.77. The summed E-state index contributed by atoms with van der Waals surface area (Å²) in [6.45, 7) is 0. The number of aromatic hydroxyl groups is 1. The Morgan fingerprint density at radius 3 is 2.77 bits per heavy atom. The molecule has 0 saturated heterocycles. The first kappa shape index (κ1) is 7.73. The second kappa shape index (κ2) is 2.86. The smallest absolute Gasteiger partial charge is 0.123 e. The molecule has 13 heavy (non-hydrogen) atoms. The van der Waals surface area contributed by atoms with Crippen LogP contribution >= 0.6 is 0 Å². The van der Waals surface area contributed by atoms with Gasteiger partial charge in [-0.25, -0.2) is 0 Å². The Balaban J connectivity index is 2.81. The lowest BCUT2D eigenvalue weighted by molar-refractivity contribution is 0.481. The molecule has 0 aliphatic heterocycles. The first-order chi connectivity index (χ1) is 6.31. The van der Waals surface area contributed by atoms with Crippen LogP contribution in [-0.4, -0.2) is 5.11 Å². The van der Waals surface area contributed by atoms with Crippen molar-refractivity contribution in [3.05, 3.63) is 41.3 Å². The molecule has 0 aliphatic rings. The second-order valence-electron chi connectivity index (χ2n) is 2.77. The van der Waals surface area contributed by atoms with Crippen LogP contribution in [0.3, 0.4) is 0 Å². The number of phenolic OH excluding ortho intramolecular Hbond substituents is 1. The Bertz CT molecular complexity index is 465. The summed E-state index contributed by atoms with van der Waals surface area (Å²) < 4.78 is 0. The lowest BCUT2D eigenvalue weighted by atomic mass is 10.1. The fourth-order valence-corrected chi connectivity index (χ4v) is 1.30. The summed E-state index contributed by atoms with van der Waals surface area (Å²) in [4.78, 5) is 10.2. The summed E-state index contributed by atoms with van der Waals surface area (Å²) in [5.74, 6) is 0.169. The fraction of sp³-hybridized carbons (Fsp3) is 0. The van der Waals surface area contributed by atoms with Gasteiger partial charge in [0.1, 0.15) is 11.4 Å². The number of benzene rings is 2. The van der Waals surface area contributed by atoms with Gasteiger partial charge in [-0.05, 0) is 28.8 Å². The minimum Gasteiger partial charge on any atom is -0.507 e. The zero-order valence-corrected chi connectivity index (χ0v) is 6.77. The number of phenols is 1. The van der Waals surface area contributed by atoms with Gasteiger partial charge in [0.25, 0.3) is 0 Å². The molecule has 0 heterocycles. The van der Waals surface area contributed by atoms with E-state index in [4.69, 9.17) is 0 Å². The molecule has 0 unspecified atom stereocenters. The lowest BCUT2D eigenvalue weighted by Crippen LogP contribution is -1.72. The molecule has 0 amide bonds. The molecule has 2 aromatic carbocycles. The van der Waals surface area contributed by atoms with Crippen LogP contribution in [0.15, 0.2) is 41.6 Å². The second-order valence-corrected chi connectivity index (χ2v) is 2.77. The predicted octanol–water partition coefficient (Wildman–Crippen LogP) is 2.94. The third-order valence-corrected chi connectivity index (χ3v) is 1.95. The lowest BCUT2D eigenvalue weighted by Gasteiger charge is -1.99. The molecule has 0 bridgehead atoms. The summed E-state index contributed by atoms with van der Waals surface area (Å²) in [6, 6.07) is 10.1. The van der Waals surface area contributed by atoms with Crippen LogP contribution < -0.4 is 0 Å². The minimum absolute atomic E-state index is 0.169. The Kier molecular flexibility index (Phi) is 1.70. The van der Waals surface area contributed by atoms with Crippen molar-refractivity contribution in [3.63, 3.8) is 0 Å². The van der Waals surface area contributed by atoms with Crippen molar-refractivity contribution in [2.45, 2.75) is 0 Å². The SMILES string of the molecule is O=Nc1ccc2cccc(O)c2c1. The summed E-state index contributed by atoms with van der Waals surface area (Å²) in [5.41, 5.74) is 0.328. The standard InChI is InChI=1S/C10H7NO2/c12-10-3-1-2-7-4-5-8(11-13)6-9(7)10/h1-6,12H. The molecule has 2 rings (SSSR count). The number of hydrogen-bond acceptors (Lipinski definition) is 3. The van der Waals surface area contributed by atoms with Crippen molar-refractivity contribution >= 4 is 16.5 Å². The molecule has 0 aliphatic carbocycles. The highest BCUT2D eigenvalue weighted by atomic mass is 16.3. The highest BCUT2D eigenvalue weighted by molar-refractivity contribution is 5.90. The largest absolute Gasteiger partial charge is 0.507 e. The van der Waals surface area contributed by atoms with Gasteiger partial charge >= 0.3 is 0 Å². The fourth-order valence-electron chi connectivity index (χ4n) is 1.30. The average molecular weight is 173 g/mol. The molecule has 1 N–H and O–H groups in total. The summed E-state index contributed by atoms with van der Waals surface area (Å²) in [7, 11) is 0. The van der Waals surface area contributed by atoms with E-state index in [9.17, 15) is 10.0 Å². The van der Waals surface area contributed by atoms with E-state index >= 15 is 0 Å². The van der Waals surface area contributed by atoms with Gasteiger partial charge in [0.05, 0.1) is 0 Å². The van der Waals surface area contributed by atoms with Crippen molar-refractivity contribution in [1.82, 2.24) is 0 Å². The van der Waals surface area contributed by atoms with E-state index in [0.717, 1.165) is 5.39 Å². The first-order valence-electron chi connectivity index (χ1n) is 3.86. The van der Waals surface area contributed by atoms with Crippen LogP contribution in [0.25, 0.3) is 10.8 Å². The van der Waals surface area contributed by atoms with Gasteiger partial charge in [0.15, 0.2) is 0 Å². The van der Waals surface area contributed by atoms with E-state index < -0.39 is 0 Å². The van der Waals surface area contributed by atoms with Gasteiger partial charge in [-0.1, -0.05) is 18.2 Å². The maximum atomic E-state index is 10.2. The van der Waals surface area contributed by atoms with E-state index in [0.29, 0.717) is 11.1 Å². The van der Waals surface area contributed by atoms with Gasteiger partial charge in [-0.3, -0.25) is 0 Å². The highest BCUT2D eigenvalue weighted by Crippen LogP contribution is 2.27. The predicted molar refractivity (Wildman–Crippen MR) is 51.1 cm³/mol. The third-order valence-electron chi connectivity index (χ3n) is 1.95. The number of nitroso groups, excluding NO2 is 1. The summed E-state index contributed by atoms with van der Waals surface area (Å²) in [5, 5.41) is 13.8. The Labute approximate surface area is 74.6 Å². The minimum atomic E-state index is 0.169. The number of nitrogens with zero attached hydrogens (tertiary/aromatic N) is 1. The molecule has 0 radical (unpaired) electrons. The number of hydrogen-bond donors (Lipinski definition) is 1. The molecule has 0 fully saturated rings. The van der Waals surface area contributed by atoms with Crippen LogP contribution in [-0.2, 0) is 0 Å². The van der Waals surface area contributed by atoms with Gasteiger partial charge < -0.3 is 5.11 Å². The molecule has 0 aromatic heterocycles. The normalized spacial score (nSPS) is 10.2. The van der Waals surface area contributed by atoms with Crippen LogP contribution in [0.4, 0.5) is 5.69 Å². The zero-order chi connectivity index (χ0) is 9.26. The van der Waals surface area contributed by atoms with E-state index in [1.54, 1.807) is 30.3 Å². The molecular formula is C10H7NO2. The molecule has 64 valence electrons. The van der Waals surface area contributed by atoms with Gasteiger partial charge in [-0.2, -0.15) is 0 Å². The Morgan fingerprint density at radius 2 is 2.00 bits per heavy atom. The summed E-state index contributed by atoms with van der Waals surface area (Å²) in [6.07, 6.45) is 0. The average Bonchev–Trinajstić information content (AvgIpc) is 2.18. The van der Waals surface area contributed by atoms with Crippen molar-refractivity contribution in [3.8, 4) is 5.75 Å². The van der Waals surface area contributed by atoms with Gasteiger partial charge in [-0.15, -0.1) is 4.91 Å². The molecule has 3 nitrogen and oxygen atoms in total. The van der Waals surface area contributed by atoms with Crippen LogP contribution in [0.5, 0.6) is 5.75 Å². The van der Waals surface area contributed by atoms with Crippen molar-refractivity contribution in [1.29, 1.82) is 0 Å². The molecular weight excluding hydrogens is 166 g/mol. The summed E-state index contributed by atoms with van der Waals surface area (Å²) >= 11 is 0. The highest BCUT2D eigenvalue weighted by Gasteiger charge is 1.99. The topological polar surface area (TPSA) is 49.7 Å². The van der Waals surface area contributed by atoms with E-state index in [2.05, 4.69) is 5.18 Å². The maximum absolute atomic E-state index is 10.2. The van der Waals surface area contributed by atoms with Gasteiger partial charge in [0, 0.05) is 5.39 Å². The van der Waals surface area contributed by atoms with E-state index in [-0.39, 0.29) is 5.75 Å². The number of fused-ring (bicyclic) bond motifs is 1. The van der Waals surface area contributed by atoms with Crippen molar-refractivity contribution in [2.24, 2.45) is 5.18 Å². The monoisotopic (exact) mass is 173 g/mol. The Hall–Kier alpha value is -1.90. The quantitative estimate of drug-likeness (QED) is 0.674.